The van der Waals surface area contributed by atoms with E-state index in [2.05, 4.69) is 11.4 Å². The van der Waals surface area contributed by atoms with Crippen molar-refractivity contribution in [1.82, 2.24) is 14.5 Å². The molecular weight excluding hydrogens is 550 g/mol. The summed E-state index contributed by atoms with van der Waals surface area (Å²) in [5, 5.41) is 8.42. The molecule has 1 aromatic carbocycles. The Hall–Kier alpha value is -3.45. The van der Waals surface area contributed by atoms with Crippen LogP contribution in [0.4, 0.5) is 4.79 Å². The summed E-state index contributed by atoms with van der Waals surface area (Å²) in [5.74, 6) is -2.56. The summed E-state index contributed by atoms with van der Waals surface area (Å²) in [6, 6.07) is 7.10. The van der Waals surface area contributed by atoms with E-state index in [0.29, 0.717) is 17.1 Å². The number of amides is 4. The lowest BCUT2D eigenvalue weighted by Gasteiger charge is -2.39. The number of nitrogens with one attached hydrogen (secondary N) is 1. The lowest BCUT2D eigenvalue weighted by molar-refractivity contribution is -0.160. The normalized spacial score (nSPS) is 27.9. The zero-order chi connectivity index (χ0) is 29.8. The molecule has 0 aromatic heterocycles. The number of ether oxygens (including phenoxy) is 1. The molecule has 13 heteroatoms. The number of aryl methyl sites for hydroxylation is 1. The second-order valence-corrected chi connectivity index (χ2v) is 12.6. The van der Waals surface area contributed by atoms with Gasteiger partial charge in [0.25, 0.3) is 17.7 Å². The molecular formula is C28H39N5O7S. The molecule has 0 spiro atoms. The van der Waals surface area contributed by atoms with Gasteiger partial charge in [-0.1, -0.05) is 48.4 Å². The maximum Gasteiger partial charge on any atom is 0.405 e. The summed E-state index contributed by atoms with van der Waals surface area (Å²) in [4.78, 5) is 54.9. The van der Waals surface area contributed by atoms with Gasteiger partial charge in [0.05, 0.1) is 0 Å². The Morgan fingerprint density at radius 3 is 2.56 bits per heavy atom. The van der Waals surface area contributed by atoms with Crippen molar-refractivity contribution in [3.8, 4) is 0 Å². The molecule has 2 fully saturated rings. The van der Waals surface area contributed by atoms with Crippen LogP contribution < -0.4 is 16.2 Å². The molecule has 4 unspecified atom stereocenters. The van der Waals surface area contributed by atoms with Crippen LogP contribution in [-0.4, -0.2) is 72.2 Å². The topological polar surface area (TPSA) is 182 Å². The highest BCUT2D eigenvalue weighted by Crippen LogP contribution is 2.37. The fourth-order valence-corrected chi connectivity index (χ4v) is 6.40. The Labute approximate surface area is 240 Å². The summed E-state index contributed by atoms with van der Waals surface area (Å²) in [5.41, 5.74) is 4.86. The number of rotatable bonds is 6. The second kappa shape index (κ2) is 12.6. The number of primary amides is 1. The van der Waals surface area contributed by atoms with Crippen LogP contribution in [0, 0.1) is 12.8 Å². The largest absolute Gasteiger partial charge is 0.436 e. The van der Waals surface area contributed by atoms with E-state index in [0.717, 1.165) is 35.3 Å². The van der Waals surface area contributed by atoms with Crippen LogP contribution >= 0.6 is 0 Å². The maximum absolute atomic E-state index is 14.3. The number of nitrogens with zero attached hydrogens (tertiary/aromatic N) is 2. The molecule has 0 radical (unpaired) electrons. The zero-order valence-corrected chi connectivity index (χ0v) is 24.1. The van der Waals surface area contributed by atoms with Gasteiger partial charge in [0, 0.05) is 19.1 Å². The van der Waals surface area contributed by atoms with E-state index in [1.165, 1.54) is 0 Å². The Bertz CT molecular complexity index is 1300. The Morgan fingerprint density at radius 1 is 1.15 bits per heavy atom. The van der Waals surface area contributed by atoms with Crippen molar-refractivity contribution in [3.63, 3.8) is 0 Å². The Balaban J connectivity index is 1.72. The second-order valence-electron chi connectivity index (χ2n) is 11.1. The van der Waals surface area contributed by atoms with Crippen molar-refractivity contribution in [3.05, 3.63) is 47.5 Å². The number of hydrogen-bond donors (Lipinski definition) is 3. The first-order valence-electron chi connectivity index (χ1n) is 14.1. The first kappa shape index (κ1) is 30.5. The molecule has 41 heavy (non-hydrogen) atoms. The summed E-state index contributed by atoms with van der Waals surface area (Å²) in [6.45, 7) is 1.58. The van der Waals surface area contributed by atoms with Crippen LogP contribution in [0.25, 0.3) is 0 Å². The quantitative estimate of drug-likeness (QED) is 0.331. The van der Waals surface area contributed by atoms with Gasteiger partial charge in [0.2, 0.25) is 5.54 Å². The Kier molecular flexibility index (Phi) is 9.37. The fraction of sp³-hybridized carbons (Fsp3) is 0.571. The SMILES string of the molecule is Cc1ccc(CCN(C(=O)C23CCCN2C(=O)C(OC(N)=O)CCCCC/C=C/C2CC2NC3=O)S(N)(=O)=O)cc1. The molecule has 4 atom stereocenters. The molecule has 5 N–H and O–H groups in total. The molecule has 1 aromatic rings. The molecule has 4 amide bonds. The minimum absolute atomic E-state index is 0.0129. The van der Waals surface area contributed by atoms with E-state index in [1.807, 2.05) is 37.3 Å². The van der Waals surface area contributed by atoms with Crippen LogP contribution in [-0.2, 0) is 35.8 Å². The summed E-state index contributed by atoms with van der Waals surface area (Å²) in [7, 11) is -4.63. The van der Waals surface area contributed by atoms with Crippen LogP contribution in [0.2, 0.25) is 0 Å². The lowest BCUT2D eigenvalue weighted by atomic mass is 9.92. The Morgan fingerprint density at radius 2 is 1.88 bits per heavy atom. The monoisotopic (exact) mass is 589 g/mol. The standard InChI is InChI=1S/C28H39N5O7S/c1-19-10-12-20(13-11-19)14-17-33(41(30,38)39)26(36)28-15-7-16-32(28)24(34)23(40-27(29)37)9-6-4-2-3-5-8-21-18-22(21)31-25(28)35/h5,8,10-13,21-23H,2-4,6-7,9,14-18H2,1H3,(H2,29,37)(H,31,35)(H2,30,38,39)/b8-5+. The predicted molar refractivity (Wildman–Crippen MR) is 150 cm³/mol. The van der Waals surface area contributed by atoms with Gasteiger partial charge in [-0.05, 0) is 69.8 Å². The van der Waals surface area contributed by atoms with E-state index >= 15 is 0 Å². The van der Waals surface area contributed by atoms with Gasteiger partial charge < -0.3 is 20.7 Å². The molecule has 1 saturated carbocycles. The maximum atomic E-state index is 14.3. The predicted octanol–water partition coefficient (Wildman–Crippen LogP) is 1.42. The molecule has 2 heterocycles. The van der Waals surface area contributed by atoms with Crippen molar-refractivity contribution in [2.75, 3.05) is 13.1 Å². The van der Waals surface area contributed by atoms with E-state index in [4.69, 9.17) is 15.6 Å². The van der Waals surface area contributed by atoms with Gasteiger partial charge in [-0.2, -0.15) is 8.42 Å². The molecule has 4 rings (SSSR count). The summed E-state index contributed by atoms with van der Waals surface area (Å²) < 4.78 is 31.2. The number of carbonyl (C=O) groups is 4. The first-order chi connectivity index (χ1) is 19.4. The van der Waals surface area contributed by atoms with E-state index in [1.54, 1.807) is 0 Å². The highest BCUT2D eigenvalue weighted by atomic mass is 32.2. The van der Waals surface area contributed by atoms with Crippen molar-refractivity contribution >= 4 is 34.0 Å². The smallest absolute Gasteiger partial charge is 0.405 e. The third-order valence-electron chi connectivity index (χ3n) is 8.04. The average Bonchev–Trinajstić information content (AvgIpc) is 3.47. The zero-order valence-electron chi connectivity index (χ0n) is 23.3. The number of benzene rings is 1. The van der Waals surface area contributed by atoms with Crippen molar-refractivity contribution in [2.45, 2.75) is 82.4 Å². The first-order valence-corrected chi connectivity index (χ1v) is 15.6. The molecule has 2 aliphatic heterocycles. The third kappa shape index (κ3) is 7.07. The van der Waals surface area contributed by atoms with Crippen LogP contribution in [0.5, 0.6) is 0 Å². The van der Waals surface area contributed by atoms with Gasteiger partial charge in [-0.15, -0.1) is 0 Å². The average molecular weight is 590 g/mol. The van der Waals surface area contributed by atoms with Gasteiger partial charge in [0.1, 0.15) is 0 Å². The summed E-state index contributed by atoms with van der Waals surface area (Å²) in [6.07, 6.45) is 5.71. The summed E-state index contributed by atoms with van der Waals surface area (Å²) >= 11 is 0. The molecule has 1 saturated heterocycles. The van der Waals surface area contributed by atoms with Gasteiger partial charge in [-0.3, -0.25) is 14.4 Å². The number of allylic oxidation sites excluding steroid dienone is 1. The van der Waals surface area contributed by atoms with Crippen molar-refractivity contribution in [1.29, 1.82) is 0 Å². The number of carbonyl (C=O) groups excluding carboxylic acids is 4. The van der Waals surface area contributed by atoms with Crippen molar-refractivity contribution in [2.24, 2.45) is 16.8 Å². The molecule has 1 aliphatic carbocycles. The number of fused-ring (bicyclic) bond motifs is 2. The van der Waals surface area contributed by atoms with Crippen LogP contribution in [0.15, 0.2) is 36.4 Å². The third-order valence-corrected chi connectivity index (χ3v) is 9.01. The number of nitrogens with two attached hydrogens (primary N) is 2. The molecule has 224 valence electrons. The van der Waals surface area contributed by atoms with Gasteiger partial charge >= 0.3 is 16.3 Å². The highest BCUT2D eigenvalue weighted by Gasteiger charge is 2.60. The van der Waals surface area contributed by atoms with Gasteiger partial charge in [-0.25, -0.2) is 14.2 Å². The van der Waals surface area contributed by atoms with E-state index < -0.39 is 45.7 Å². The minimum Gasteiger partial charge on any atom is -0.436 e. The molecule has 3 aliphatic rings. The van der Waals surface area contributed by atoms with Gasteiger partial charge in [0.15, 0.2) is 6.10 Å². The van der Waals surface area contributed by atoms with Crippen LogP contribution in [0.1, 0.15) is 62.5 Å². The minimum atomic E-state index is -4.63. The molecule has 0 bridgehead atoms. The van der Waals surface area contributed by atoms with E-state index in [9.17, 15) is 27.6 Å². The highest BCUT2D eigenvalue weighted by molar-refractivity contribution is 7.87. The number of hydrogen-bond acceptors (Lipinski definition) is 7. The van der Waals surface area contributed by atoms with Crippen LogP contribution in [0.3, 0.4) is 0 Å². The molecule has 12 nitrogen and oxygen atoms in total. The van der Waals surface area contributed by atoms with Crippen molar-refractivity contribution < 1.29 is 32.3 Å². The lowest BCUT2D eigenvalue weighted by Crippen LogP contribution is -2.68. The fourth-order valence-electron chi connectivity index (χ4n) is 5.68. The van der Waals surface area contributed by atoms with E-state index in [-0.39, 0.29) is 50.7 Å².